The second-order valence-corrected chi connectivity index (χ2v) is 21.5. The van der Waals surface area contributed by atoms with Crippen molar-refractivity contribution in [3.63, 3.8) is 0 Å². The highest BCUT2D eigenvalue weighted by molar-refractivity contribution is 6.00. The van der Waals surface area contributed by atoms with Gasteiger partial charge < -0.3 is 14.7 Å². The quantitative estimate of drug-likeness (QED) is 0.172. The van der Waals surface area contributed by atoms with Gasteiger partial charge in [0.1, 0.15) is 23.6 Å². The number of nitriles is 2. The van der Waals surface area contributed by atoms with Gasteiger partial charge in [0, 0.05) is 44.3 Å². The Morgan fingerprint density at radius 1 is 0.366 bits per heavy atom. The molecule has 2 N–H and O–H groups in total. The van der Waals surface area contributed by atoms with Crippen LogP contribution in [0.3, 0.4) is 0 Å². The van der Waals surface area contributed by atoms with Crippen LogP contribution in [0.15, 0.2) is 140 Å². The molecule has 2 aliphatic heterocycles. The predicted molar refractivity (Wildman–Crippen MR) is 293 cm³/mol. The third kappa shape index (κ3) is 9.11. The van der Waals surface area contributed by atoms with Gasteiger partial charge in [0.15, 0.2) is 0 Å². The minimum Gasteiger partial charge on any atom is -0.457 e. The molecule has 0 atom stereocenters. The van der Waals surface area contributed by atoms with E-state index in [1.54, 1.807) is 18.2 Å². The van der Waals surface area contributed by atoms with Gasteiger partial charge in [-0.1, -0.05) is 147 Å². The van der Waals surface area contributed by atoms with Crippen LogP contribution in [0.1, 0.15) is 113 Å². The Kier molecular flexibility index (Phi) is 11.6. The summed E-state index contributed by atoms with van der Waals surface area (Å²) in [7, 11) is 0. The summed E-state index contributed by atoms with van der Waals surface area (Å²) in [6, 6.07) is 52.3. The van der Waals surface area contributed by atoms with Crippen LogP contribution in [0.4, 0.5) is 0 Å². The van der Waals surface area contributed by atoms with Crippen molar-refractivity contribution < 1.29 is 4.74 Å². The Bertz CT molecular complexity index is 3640. The number of fused-ring (bicyclic) bond motifs is 8. The Morgan fingerprint density at radius 2 is 0.662 bits per heavy atom. The lowest BCUT2D eigenvalue weighted by Crippen LogP contribution is -2.10. The van der Waals surface area contributed by atoms with Crippen molar-refractivity contribution in [2.75, 3.05) is 0 Å². The van der Waals surface area contributed by atoms with Gasteiger partial charge in [-0.15, -0.1) is 0 Å². The minimum absolute atomic E-state index is 0.000404. The number of nitrogens with one attached hydrogen (secondary N) is 2. The molecule has 8 bridgehead atoms. The smallest absolute Gasteiger partial charge is 0.128 e. The molecule has 0 amide bonds. The maximum atomic E-state index is 9.66. The van der Waals surface area contributed by atoms with Gasteiger partial charge in [0.25, 0.3) is 0 Å². The maximum absolute atomic E-state index is 9.66. The first-order valence-corrected chi connectivity index (χ1v) is 24.2. The first-order valence-electron chi connectivity index (χ1n) is 24.2. The number of hydrogen-bond donors (Lipinski definition) is 2. The van der Waals surface area contributed by atoms with E-state index in [2.05, 4.69) is 206 Å². The average molecular weight is 925 g/mol. The second kappa shape index (κ2) is 17.8. The largest absolute Gasteiger partial charge is 0.457 e. The lowest BCUT2D eigenvalue weighted by molar-refractivity contribution is 0.482. The summed E-state index contributed by atoms with van der Waals surface area (Å²) in [5, 5.41) is 19.1. The molecule has 348 valence electrons. The highest BCUT2D eigenvalue weighted by Crippen LogP contribution is 2.40. The number of rotatable bonds is 6. The van der Waals surface area contributed by atoms with E-state index in [-0.39, 0.29) is 21.8 Å². The summed E-state index contributed by atoms with van der Waals surface area (Å²) in [6.45, 7) is 20.2. The van der Waals surface area contributed by atoms with E-state index in [4.69, 9.17) is 14.7 Å². The topological polar surface area (TPSA) is 114 Å². The van der Waals surface area contributed by atoms with Crippen molar-refractivity contribution in [1.29, 1.82) is 10.5 Å². The molecule has 5 heterocycles. The van der Waals surface area contributed by atoms with Crippen molar-refractivity contribution in [2.24, 2.45) is 0 Å². The normalized spacial score (nSPS) is 12.4. The first kappa shape index (κ1) is 46.2. The summed E-state index contributed by atoms with van der Waals surface area (Å²) in [5.41, 5.74) is 19.3. The van der Waals surface area contributed by atoms with Crippen molar-refractivity contribution in [2.45, 2.75) is 78.6 Å². The molecule has 71 heavy (non-hydrogen) atoms. The lowest BCUT2D eigenvalue weighted by atomic mass is 9.86. The molecule has 0 unspecified atom stereocenters. The number of ether oxygens (including phenoxy) is 1. The van der Waals surface area contributed by atoms with Gasteiger partial charge in [0.2, 0.25) is 0 Å². The molecule has 0 aliphatic carbocycles. The fourth-order valence-corrected chi connectivity index (χ4v) is 9.43. The van der Waals surface area contributed by atoms with E-state index >= 15 is 0 Å². The number of hydrogen-bond acceptors (Lipinski definition) is 5. The summed E-state index contributed by atoms with van der Waals surface area (Å²) < 4.78 is 6.23. The van der Waals surface area contributed by atoms with Gasteiger partial charge in [-0.05, 0) is 134 Å². The highest BCUT2D eigenvalue weighted by atomic mass is 16.5. The minimum atomic E-state index is -0.0130. The van der Waals surface area contributed by atoms with Gasteiger partial charge in [-0.3, -0.25) is 0 Å². The molecule has 5 aromatic carbocycles. The van der Waals surface area contributed by atoms with Gasteiger partial charge >= 0.3 is 0 Å². The zero-order chi connectivity index (χ0) is 49.8. The molecule has 10 rings (SSSR count). The third-order valence-corrected chi connectivity index (χ3v) is 13.5. The van der Waals surface area contributed by atoms with Crippen LogP contribution in [-0.4, -0.2) is 19.9 Å². The molecule has 8 aromatic rings. The van der Waals surface area contributed by atoms with Crippen molar-refractivity contribution in [3.05, 3.63) is 190 Å². The molecule has 7 nitrogen and oxygen atoms in total. The Hall–Kier alpha value is -8.52. The van der Waals surface area contributed by atoms with Crippen LogP contribution >= 0.6 is 0 Å². The SMILES string of the molecule is CC(C)(C)c1ccc(-c2c3nc(c(-c4ccc(C(C)(C)C)cc4)c4ccc([nH]4)c(-c4ccc(C(C)(C)C)cc4)c4nc(c(-c5ccc(Oc6ccc(C#N)c(C#N)c6)cc5)c5ccc2[nH]5)C=C4)C=C3)cc1. The second-order valence-electron chi connectivity index (χ2n) is 21.5. The fraction of sp³-hybridized carbons (Fsp3) is 0.188. The summed E-state index contributed by atoms with van der Waals surface area (Å²) in [4.78, 5) is 18.8. The summed E-state index contributed by atoms with van der Waals surface area (Å²) in [6.07, 6.45) is 8.52. The maximum Gasteiger partial charge on any atom is 0.128 e. The van der Waals surface area contributed by atoms with Gasteiger partial charge in [-0.2, -0.15) is 10.5 Å². The van der Waals surface area contributed by atoms with Gasteiger partial charge in [-0.25, -0.2) is 9.97 Å². The monoisotopic (exact) mass is 924 g/mol. The van der Waals surface area contributed by atoms with Crippen molar-refractivity contribution >= 4 is 46.4 Å². The van der Waals surface area contributed by atoms with E-state index in [1.807, 2.05) is 24.3 Å². The number of aromatic amines is 2. The van der Waals surface area contributed by atoms with Crippen molar-refractivity contribution in [3.8, 4) is 68.1 Å². The molecular weight excluding hydrogens is 869 g/mol. The molecule has 0 fully saturated rings. The summed E-state index contributed by atoms with van der Waals surface area (Å²) >= 11 is 0. The van der Waals surface area contributed by atoms with Crippen LogP contribution in [0, 0.1) is 22.7 Å². The number of nitrogens with zero attached hydrogens (tertiary/aromatic N) is 4. The van der Waals surface area contributed by atoms with Crippen LogP contribution in [0.25, 0.3) is 90.9 Å². The van der Waals surface area contributed by atoms with E-state index in [9.17, 15) is 10.5 Å². The molecule has 7 heteroatoms. The van der Waals surface area contributed by atoms with Crippen molar-refractivity contribution in [1.82, 2.24) is 19.9 Å². The molecule has 0 spiro atoms. The molecule has 0 saturated carbocycles. The zero-order valence-electron chi connectivity index (χ0n) is 41.8. The number of benzene rings is 5. The molecule has 3 aromatic heterocycles. The fourth-order valence-electron chi connectivity index (χ4n) is 9.43. The first-order chi connectivity index (χ1) is 33.9. The van der Waals surface area contributed by atoms with Crippen LogP contribution in [0.2, 0.25) is 0 Å². The van der Waals surface area contributed by atoms with E-state index in [0.29, 0.717) is 17.1 Å². The van der Waals surface area contributed by atoms with Crippen LogP contribution in [0.5, 0.6) is 11.5 Å². The van der Waals surface area contributed by atoms with Crippen LogP contribution < -0.4 is 4.74 Å². The lowest BCUT2D eigenvalue weighted by Gasteiger charge is -2.19. The highest BCUT2D eigenvalue weighted by Gasteiger charge is 2.22. The standard InChI is InChI=1S/C64H56N6O/c1-62(2,3)45-19-10-39(11-20-45)58-50-28-30-52(67-50)59(40-12-21-46(22-13-40)63(4,5)6)54-32-34-56(69-54)61(42-16-25-48(26-17-42)71-49-27-18-43(37-65)44(36-49)38-66)57-35-33-55(70-57)60(53-31-29-51(58)68-53)41-14-23-47(24-15-41)64(7,8)9/h10-36,67,70H,1-9H3. The van der Waals surface area contributed by atoms with Gasteiger partial charge in [0.05, 0.1) is 33.9 Å². The average Bonchev–Trinajstić information content (AvgIpc) is 4.20. The van der Waals surface area contributed by atoms with Crippen LogP contribution in [-0.2, 0) is 16.2 Å². The molecule has 2 aliphatic rings. The van der Waals surface area contributed by atoms with E-state index in [0.717, 1.165) is 89.4 Å². The molecule has 0 radical (unpaired) electrons. The molecular formula is C64H56N6O. The zero-order valence-corrected chi connectivity index (χ0v) is 41.8. The van der Waals surface area contributed by atoms with E-state index in [1.165, 1.54) is 16.7 Å². The number of aromatic nitrogens is 4. The Morgan fingerprint density at radius 3 is 0.958 bits per heavy atom. The third-order valence-electron chi connectivity index (χ3n) is 13.5. The molecule has 0 saturated heterocycles. The Labute approximate surface area is 416 Å². The summed E-state index contributed by atoms with van der Waals surface area (Å²) in [5.74, 6) is 1.06. The Balaban J connectivity index is 1.27. The number of H-pyrrole nitrogens is 2. The predicted octanol–water partition coefficient (Wildman–Crippen LogP) is 16.8. The van der Waals surface area contributed by atoms with E-state index < -0.39 is 0 Å².